The summed E-state index contributed by atoms with van der Waals surface area (Å²) in [7, 11) is 0. The quantitative estimate of drug-likeness (QED) is 0.400. The first kappa shape index (κ1) is 19.6. The highest BCUT2D eigenvalue weighted by Gasteiger charge is 2.38. The summed E-state index contributed by atoms with van der Waals surface area (Å²) in [6, 6.07) is 0. The van der Waals surface area contributed by atoms with Crippen molar-refractivity contribution in [2.75, 3.05) is 19.8 Å². The van der Waals surface area contributed by atoms with E-state index in [0.717, 1.165) is 19.3 Å². The van der Waals surface area contributed by atoms with Crippen LogP contribution in [0.1, 0.15) is 51.9 Å². The molecule has 0 aromatic rings. The summed E-state index contributed by atoms with van der Waals surface area (Å²) in [5.74, 6) is 0. The molecule has 4 atom stereocenters. The van der Waals surface area contributed by atoms with Gasteiger partial charge >= 0.3 is 0 Å². The fourth-order valence-electron chi connectivity index (χ4n) is 2.51. The second-order valence-corrected chi connectivity index (χ2v) is 5.91. The lowest BCUT2D eigenvalue weighted by Crippen LogP contribution is -2.55. The van der Waals surface area contributed by atoms with Gasteiger partial charge in [-0.1, -0.05) is 31.9 Å². The molecule has 0 amide bonds. The minimum absolute atomic E-state index is 0.209. The summed E-state index contributed by atoms with van der Waals surface area (Å²) >= 11 is 0. The zero-order valence-electron chi connectivity index (χ0n) is 13.7. The highest BCUT2D eigenvalue weighted by atomic mass is 16.6. The predicted octanol–water partition coefficient (Wildman–Crippen LogP) is 1.79. The van der Waals surface area contributed by atoms with Crippen molar-refractivity contribution in [1.82, 2.24) is 0 Å². The number of unbranched alkanes of at least 4 members (excludes halogenated alkanes) is 5. The van der Waals surface area contributed by atoms with Crippen LogP contribution in [0, 0.1) is 0 Å². The molecule has 1 heterocycles. The molecule has 3 N–H and O–H groups in total. The predicted molar refractivity (Wildman–Crippen MR) is 85.7 cm³/mol. The summed E-state index contributed by atoms with van der Waals surface area (Å²) in [6.45, 7) is 2.67. The molecule has 1 fully saturated rings. The van der Waals surface area contributed by atoms with Gasteiger partial charge in [0.25, 0.3) is 0 Å². The molecule has 0 spiro atoms. The van der Waals surface area contributed by atoms with E-state index in [4.69, 9.17) is 14.6 Å². The molecule has 1 aliphatic rings. The lowest BCUT2D eigenvalue weighted by molar-refractivity contribution is -0.208. The molecule has 0 aromatic carbocycles. The minimum atomic E-state index is -1.09. The highest BCUT2D eigenvalue weighted by molar-refractivity contribution is 4.87. The Bertz CT molecular complexity index is 295. The Morgan fingerprint density at radius 1 is 1.05 bits per heavy atom. The fourth-order valence-corrected chi connectivity index (χ4v) is 2.51. The van der Waals surface area contributed by atoms with E-state index in [0.29, 0.717) is 6.61 Å². The summed E-state index contributed by atoms with van der Waals surface area (Å²) in [4.78, 5) is 0. The van der Waals surface area contributed by atoms with E-state index in [-0.39, 0.29) is 13.2 Å². The van der Waals surface area contributed by atoms with Gasteiger partial charge in [0.15, 0.2) is 0 Å². The van der Waals surface area contributed by atoms with Crippen molar-refractivity contribution in [3.63, 3.8) is 0 Å². The first-order valence-electron chi connectivity index (χ1n) is 8.55. The van der Waals surface area contributed by atoms with Gasteiger partial charge in [0.1, 0.15) is 24.4 Å². The van der Waals surface area contributed by atoms with Crippen molar-refractivity contribution in [2.24, 2.45) is 0 Å². The Balaban J connectivity index is 2.03. The van der Waals surface area contributed by atoms with Gasteiger partial charge in [-0.25, -0.2) is 0 Å². The van der Waals surface area contributed by atoms with Crippen LogP contribution in [-0.4, -0.2) is 59.6 Å². The second-order valence-electron chi connectivity index (χ2n) is 5.91. The van der Waals surface area contributed by atoms with E-state index in [1.165, 1.54) is 25.7 Å². The van der Waals surface area contributed by atoms with E-state index in [9.17, 15) is 10.2 Å². The van der Waals surface area contributed by atoms with Crippen molar-refractivity contribution in [3.8, 4) is 0 Å². The van der Waals surface area contributed by atoms with Crippen LogP contribution in [0.5, 0.6) is 0 Å². The number of ether oxygens (including phenoxy) is 2. The van der Waals surface area contributed by atoms with Crippen LogP contribution in [-0.2, 0) is 9.47 Å². The van der Waals surface area contributed by atoms with E-state index in [2.05, 4.69) is 19.1 Å². The molecule has 0 unspecified atom stereocenters. The second kappa shape index (κ2) is 12.0. The summed E-state index contributed by atoms with van der Waals surface area (Å²) in [5, 5.41) is 28.6. The first-order chi connectivity index (χ1) is 10.7. The van der Waals surface area contributed by atoms with Crippen LogP contribution in [0.15, 0.2) is 12.2 Å². The largest absolute Gasteiger partial charge is 0.394 e. The SMILES string of the molecule is CCCCC/C=C/CCCCO[C@@H]1CO[C@@H](CO)[C@H](O)[C@H]1O. The van der Waals surface area contributed by atoms with Gasteiger partial charge in [-0.2, -0.15) is 0 Å². The monoisotopic (exact) mass is 316 g/mol. The molecule has 22 heavy (non-hydrogen) atoms. The highest BCUT2D eigenvalue weighted by Crippen LogP contribution is 2.18. The Morgan fingerprint density at radius 3 is 2.36 bits per heavy atom. The third kappa shape index (κ3) is 7.20. The van der Waals surface area contributed by atoms with E-state index in [1.807, 2.05) is 0 Å². The molecular formula is C17H32O5. The van der Waals surface area contributed by atoms with Crippen molar-refractivity contribution in [3.05, 3.63) is 12.2 Å². The van der Waals surface area contributed by atoms with Gasteiger partial charge in [-0.15, -0.1) is 0 Å². The summed E-state index contributed by atoms with van der Waals surface area (Å²) < 4.78 is 10.8. The molecule has 0 aromatic heterocycles. The van der Waals surface area contributed by atoms with Crippen LogP contribution >= 0.6 is 0 Å². The molecule has 0 bridgehead atoms. The lowest BCUT2D eigenvalue weighted by Gasteiger charge is -2.36. The number of hydrogen-bond donors (Lipinski definition) is 3. The standard InChI is InChI=1S/C17H32O5/c1-2-3-4-5-6-7-8-9-10-11-21-15-13-22-14(12-18)16(19)17(15)20/h6-7,14-20H,2-5,8-13H2,1H3/b7-6+/t14-,15+,16-,17-/m0/s1. The maximum absolute atomic E-state index is 9.91. The van der Waals surface area contributed by atoms with E-state index >= 15 is 0 Å². The molecule has 1 rings (SSSR count). The Hall–Kier alpha value is -0.460. The fraction of sp³-hybridized carbons (Fsp3) is 0.882. The van der Waals surface area contributed by atoms with Crippen LogP contribution in [0.4, 0.5) is 0 Å². The maximum atomic E-state index is 9.91. The smallest absolute Gasteiger partial charge is 0.111 e. The van der Waals surface area contributed by atoms with Crippen molar-refractivity contribution in [2.45, 2.75) is 76.3 Å². The number of allylic oxidation sites excluding steroid dienone is 2. The minimum Gasteiger partial charge on any atom is -0.394 e. The van der Waals surface area contributed by atoms with Gasteiger partial charge in [0.2, 0.25) is 0 Å². The van der Waals surface area contributed by atoms with Crippen LogP contribution in [0.2, 0.25) is 0 Å². The van der Waals surface area contributed by atoms with Gasteiger partial charge in [0.05, 0.1) is 13.2 Å². The topological polar surface area (TPSA) is 79.2 Å². The molecule has 1 saturated heterocycles. The zero-order chi connectivity index (χ0) is 16.2. The Labute approximate surface area is 133 Å². The number of hydrogen-bond acceptors (Lipinski definition) is 5. The maximum Gasteiger partial charge on any atom is 0.111 e. The van der Waals surface area contributed by atoms with Crippen molar-refractivity contribution in [1.29, 1.82) is 0 Å². The zero-order valence-corrected chi connectivity index (χ0v) is 13.7. The molecule has 5 nitrogen and oxygen atoms in total. The van der Waals surface area contributed by atoms with Gasteiger partial charge in [-0.05, 0) is 32.1 Å². The third-order valence-electron chi connectivity index (χ3n) is 4.00. The van der Waals surface area contributed by atoms with Gasteiger partial charge in [0, 0.05) is 6.61 Å². The molecule has 1 aliphatic heterocycles. The van der Waals surface area contributed by atoms with Crippen LogP contribution < -0.4 is 0 Å². The molecule has 5 heteroatoms. The normalized spacial score (nSPS) is 29.3. The number of rotatable bonds is 11. The Kier molecular flexibility index (Phi) is 10.7. The van der Waals surface area contributed by atoms with Crippen molar-refractivity contribution < 1.29 is 24.8 Å². The average Bonchev–Trinajstić information content (AvgIpc) is 2.53. The lowest BCUT2D eigenvalue weighted by atomic mass is 10.0. The molecule has 0 aliphatic carbocycles. The first-order valence-corrected chi connectivity index (χ1v) is 8.55. The molecule has 0 saturated carbocycles. The van der Waals surface area contributed by atoms with E-state index in [1.54, 1.807) is 0 Å². The van der Waals surface area contributed by atoms with Crippen LogP contribution in [0.3, 0.4) is 0 Å². The van der Waals surface area contributed by atoms with E-state index < -0.39 is 24.4 Å². The molecule has 130 valence electrons. The average molecular weight is 316 g/mol. The van der Waals surface area contributed by atoms with Gasteiger partial charge in [-0.3, -0.25) is 0 Å². The molecular weight excluding hydrogens is 284 g/mol. The number of aliphatic hydroxyl groups is 3. The third-order valence-corrected chi connectivity index (χ3v) is 4.00. The van der Waals surface area contributed by atoms with Crippen LogP contribution in [0.25, 0.3) is 0 Å². The number of aliphatic hydroxyl groups excluding tert-OH is 3. The summed E-state index contributed by atoms with van der Waals surface area (Å²) in [5.41, 5.74) is 0. The molecule has 0 radical (unpaired) electrons. The van der Waals surface area contributed by atoms with Crippen molar-refractivity contribution >= 4 is 0 Å². The summed E-state index contributed by atoms with van der Waals surface area (Å²) in [6.07, 6.45) is 9.18. The Morgan fingerprint density at radius 2 is 1.73 bits per heavy atom. The van der Waals surface area contributed by atoms with Gasteiger partial charge < -0.3 is 24.8 Å².